The number of aryl methyl sites for hydroxylation is 1. The van der Waals surface area contributed by atoms with Crippen molar-refractivity contribution in [1.82, 2.24) is 4.57 Å². The van der Waals surface area contributed by atoms with Crippen LogP contribution in [-0.2, 0) is 5.41 Å². The van der Waals surface area contributed by atoms with Crippen molar-refractivity contribution in [3.63, 3.8) is 0 Å². The summed E-state index contributed by atoms with van der Waals surface area (Å²) in [6.45, 7) is 9.31. The predicted octanol–water partition coefficient (Wildman–Crippen LogP) is 16.0. The maximum absolute atomic E-state index is 2.54. The fourth-order valence-electron chi connectivity index (χ4n) is 9.20. The van der Waals surface area contributed by atoms with E-state index in [-0.39, 0.29) is 5.41 Å². The topological polar surface area (TPSA) is 8.17 Å². The number of hydrogen-bond acceptors (Lipinski definition) is 1. The Bertz CT molecular complexity index is 3100. The molecule has 10 rings (SSSR count). The van der Waals surface area contributed by atoms with Crippen molar-refractivity contribution < 1.29 is 0 Å². The molecule has 284 valence electrons. The summed E-state index contributed by atoms with van der Waals surface area (Å²) in [6, 6.07) is 75.3. The van der Waals surface area contributed by atoms with Crippen LogP contribution in [0.4, 0.5) is 17.1 Å². The molecule has 0 unspecified atom stereocenters. The largest absolute Gasteiger partial charge is 0.310 e. The number of fused-ring (bicyclic) bond motifs is 5. The molecule has 9 aromatic carbocycles. The highest BCUT2D eigenvalue weighted by Crippen LogP contribution is 2.48. The van der Waals surface area contributed by atoms with E-state index < -0.39 is 0 Å². The standard InChI is InChI=1S/C57H46N2/c1-39-27-36-51-54-50-26-15-14-25-49(50)52(38-53(54)59(56(51)55(39)57(2,3)4)47-34-30-44(31-35-47)41-19-10-6-11-20-41)58(46-32-28-43(29-33-46)40-17-8-5-9-18-40)48-24-16-23-45(37-48)42-21-12-7-13-22-42/h5-38H,1-4H3. The minimum absolute atomic E-state index is 0.0945. The van der Waals surface area contributed by atoms with Crippen LogP contribution < -0.4 is 4.90 Å². The van der Waals surface area contributed by atoms with Crippen molar-refractivity contribution in [2.24, 2.45) is 0 Å². The first-order chi connectivity index (χ1) is 28.8. The van der Waals surface area contributed by atoms with Gasteiger partial charge in [0.25, 0.3) is 0 Å². The molecule has 0 amide bonds. The average molecular weight is 759 g/mol. The molecule has 59 heavy (non-hydrogen) atoms. The van der Waals surface area contributed by atoms with Gasteiger partial charge in [-0.05, 0) is 105 Å². The van der Waals surface area contributed by atoms with Crippen LogP contribution in [0.3, 0.4) is 0 Å². The van der Waals surface area contributed by atoms with Crippen LogP contribution in [0.15, 0.2) is 206 Å². The summed E-state index contributed by atoms with van der Waals surface area (Å²) in [5.74, 6) is 0. The van der Waals surface area contributed by atoms with Gasteiger partial charge in [0.15, 0.2) is 0 Å². The Morgan fingerprint density at radius 2 is 0.915 bits per heavy atom. The number of benzene rings is 9. The Kier molecular flexibility index (Phi) is 8.99. The molecule has 10 aromatic rings. The first-order valence-electron chi connectivity index (χ1n) is 20.6. The van der Waals surface area contributed by atoms with Crippen LogP contribution in [0.5, 0.6) is 0 Å². The van der Waals surface area contributed by atoms with E-state index in [1.54, 1.807) is 0 Å². The number of hydrogen-bond donors (Lipinski definition) is 0. The van der Waals surface area contributed by atoms with Crippen molar-refractivity contribution >= 4 is 49.6 Å². The third kappa shape index (κ3) is 6.48. The van der Waals surface area contributed by atoms with Crippen LogP contribution in [-0.4, -0.2) is 4.57 Å². The minimum atomic E-state index is -0.0945. The maximum Gasteiger partial charge on any atom is 0.0581 e. The quantitative estimate of drug-likeness (QED) is 0.157. The van der Waals surface area contributed by atoms with Crippen LogP contribution in [0.25, 0.3) is 71.6 Å². The SMILES string of the molecule is Cc1ccc2c3c4ccccc4c(N(c4ccc(-c5ccccc5)cc4)c4cccc(-c5ccccc5)c4)cc3n(-c3ccc(-c4ccccc4)cc3)c2c1C(C)(C)C. The summed E-state index contributed by atoms with van der Waals surface area (Å²) >= 11 is 0. The second-order valence-corrected chi connectivity index (χ2v) is 16.7. The van der Waals surface area contributed by atoms with Crippen LogP contribution >= 0.6 is 0 Å². The maximum atomic E-state index is 2.54. The lowest BCUT2D eigenvalue weighted by molar-refractivity contribution is 0.590. The highest BCUT2D eigenvalue weighted by Gasteiger charge is 2.27. The van der Waals surface area contributed by atoms with Gasteiger partial charge in [-0.25, -0.2) is 0 Å². The zero-order valence-electron chi connectivity index (χ0n) is 34.0. The van der Waals surface area contributed by atoms with E-state index in [0.29, 0.717) is 0 Å². The lowest BCUT2D eigenvalue weighted by Gasteiger charge is -2.28. The Morgan fingerprint density at radius 3 is 1.51 bits per heavy atom. The van der Waals surface area contributed by atoms with Gasteiger partial charge in [-0.2, -0.15) is 0 Å². The highest BCUT2D eigenvalue weighted by atomic mass is 15.1. The van der Waals surface area contributed by atoms with E-state index in [1.807, 2.05) is 0 Å². The monoisotopic (exact) mass is 758 g/mol. The van der Waals surface area contributed by atoms with Crippen LogP contribution in [0, 0.1) is 6.92 Å². The Labute approximate surface area is 347 Å². The van der Waals surface area contributed by atoms with E-state index in [2.05, 4.69) is 243 Å². The molecule has 0 fully saturated rings. The van der Waals surface area contributed by atoms with E-state index >= 15 is 0 Å². The molecule has 2 nitrogen and oxygen atoms in total. The Hall–Kier alpha value is -7.16. The van der Waals surface area contributed by atoms with E-state index in [1.165, 1.54) is 77.1 Å². The average Bonchev–Trinajstić information content (AvgIpc) is 3.61. The molecule has 0 aliphatic carbocycles. The molecule has 0 N–H and O–H groups in total. The fraction of sp³-hybridized carbons (Fsp3) is 0.0877. The van der Waals surface area contributed by atoms with Gasteiger partial charge in [-0.3, -0.25) is 0 Å². The second kappa shape index (κ2) is 14.7. The number of anilines is 3. The molecule has 0 saturated carbocycles. The summed E-state index contributed by atoms with van der Waals surface area (Å²) in [4.78, 5) is 2.46. The smallest absolute Gasteiger partial charge is 0.0581 e. The highest BCUT2D eigenvalue weighted by molar-refractivity contribution is 6.25. The third-order valence-corrected chi connectivity index (χ3v) is 11.8. The molecule has 0 atom stereocenters. The van der Waals surface area contributed by atoms with E-state index in [0.717, 1.165) is 22.7 Å². The van der Waals surface area contributed by atoms with Crippen LogP contribution in [0.2, 0.25) is 0 Å². The van der Waals surface area contributed by atoms with Gasteiger partial charge in [0, 0.05) is 33.2 Å². The molecule has 0 saturated heterocycles. The van der Waals surface area contributed by atoms with Gasteiger partial charge in [-0.1, -0.05) is 185 Å². The molecule has 1 heterocycles. The minimum Gasteiger partial charge on any atom is -0.310 e. The molecule has 0 spiro atoms. The molecule has 2 heteroatoms. The normalized spacial score (nSPS) is 11.7. The molecule has 1 aromatic heterocycles. The Balaban J connectivity index is 1.29. The molecular weight excluding hydrogens is 713 g/mol. The van der Waals surface area contributed by atoms with E-state index in [9.17, 15) is 0 Å². The zero-order valence-corrected chi connectivity index (χ0v) is 34.0. The van der Waals surface area contributed by atoms with Gasteiger partial charge < -0.3 is 9.47 Å². The summed E-state index contributed by atoms with van der Waals surface area (Å²) in [5, 5.41) is 4.98. The lowest BCUT2D eigenvalue weighted by Crippen LogP contribution is -2.15. The van der Waals surface area contributed by atoms with Crippen molar-refractivity contribution in [2.75, 3.05) is 4.90 Å². The first-order valence-corrected chi connectivity index (χ1v) is 20.6. The van der Waals surface area contributed by atoms with Gasteiger partial charge >= 0.3 is 0 Å². The number of nitrogens with zero attached hydrogens (tertiary/aromatic N) is 2. The van der Waals surface area contributed by atoms with E-state index in [4.69, 9.17) is 0 Å². The molecule has 0 radical (unpaired) electrons. The number of aromatic nitrogens is 1. The summed E-state index contributed by atoms with van der Waals surface area (Å²) < 4.78 is 2.54. The van der Waals surface area contributed by atoms with Crippen molar-refractivity contribution in [2.45, 2.75) is 33.1 Å². The van der Waals surface area contributed by atoms with Gasteiger partial charge in [0.05, 0.1) is 16.7 Å². The van der Waals surface area contributed by atoms with Crippen molar-refractivity contribution in [3.8, 4) is 39.1 Å². The summed E-state index contributed by atoms with van der Waals surface area (Å²) in [7, 11) is 0. The Morgan fingerprint density at radius 1 is 0.407 bits per heavy atom. The van der Waals surface area contributed by atoms with Gasteiger partial charge in [0.1, 0.15) is 0 Å². The van der Waals surface area contributed by atoms with Gasteiger partial charge in [-0.15, -0.1) is 0 Å². The predicted molar refractivity (Wildman–Crippen MR) is 253 cm³/mol. The van der Waals surface area contributed by atoms with Gasteiger partial charge in [0.2, 0.25) is 0 Å². The summed E-state index contributed by atoms with van der Waals surface area (Å²) in [6.07, 6.45) is 0. The summed E-state index contributed by atoms with van der Waals surface area (Å²) in [5.41, 5.74) is 16.7. The lowest BCUT2D eigenvalue weighted by atomic mass is 9.82. The molecule has 0 aliphatic rings. The molecular formula is C57H46N2. The first kappa shape index (κ1) is 36.2. The van der Waals surface area contributed by atoms with Crippen molar-refractivity contribution in [1.29, 1.82) is 0 Å². The molecule has 0 bridgehead atoms. The van der Waals surface area contributed by atoms with Crippen molar-refractivity contribution in [3.05, 3.63) is 217 Å². The zero-order chi connectivity index (χ0) is 40.1. The fourth-order valence-corrected chi connectivity index (χ4v) is 9.20. The second-order valence-electron chi connectivity index (χ2n) is 16.7. The van der Waals surface area contributed by atoms with Crippen LogP contribution in [0.1, 0.15) is 31.9 Å². The third-order valence-electron chi connectivity index (χ3n) is 11.8. The number of rotatable bonds is 7. The molecule has 0 aliphatic heterocycles.